The number of hydrogen-bond donors (Lipinski definition) is 3. The molecule has 1 rings (SSSR count). The molecule has 0 aliphatic heterocycles. The van der Waals surface area contributed by atoms with Crippen LogP contribution in [0, 0.1) is 17.8 Å². The third-order valence-electron chi connectivity index (χ3n) is 3.87. The third kappa shape index (κ3) is 5.49. The maximum atomic E-state index is 11.7. The van der Waals surface area contributed by atoms with Crippen LogP contribution in [0.4, 0.5) is 4.79 Å². The van der Waals surface area contributed by atoms with Crippen molar-refractivity contribution in [1.29, 1.82) is 0 Å². The van der Waals surface area contributed by atoms with Crippen molar-refractivity contribution >= 4 is 12.0 Å². The molecule has 0 aromatic rings. The van der Waals surface area contributed by atoms with Crippen molar-refractivity contribution in [1.82, 2.24) is 10.6 Å². The standard InChI is InChI=1S/C14H26N2O3/c1-9(2)7-12(13(17)18)16-14(19)15-8-11-6-4-5-10(11)3/h9-12H,4-8H2,1-3H3,(H,17,18)(H2,15,16,19)/t10?,11?,12-/m0/s1. The van der Waals surface area contributed by atoms with E-state index in [0.29, 0.717) is 24.8 Å². The van der Waals surface area contributed by atoms with Gasteiger partial charge in [0.1, 0.15) is 6.04 Å². The predicted molar refractivity (Wildman–Crippen MR) is 73.9 cm³/mol. The zero-order valence-electron chi connectivity index (χ0n) is 12.1. The minimum Gasteiger partial charge on any atom is -0.480 e. The highest BCUT2D eigenvalue weighted by molar-refractivity contribution is 5.82. The Balaban J connectivity index is 2.33. The van der Waals surface area contributed by atoms with Crippen molar-refractivity contribution in [2.45, 2.75) is 52.5 Å². The molecule has 0 spiro atoms. The SMILES string of the molecule is CC(C)C[C@H](NC(=O)NCC1CCCC1C)C(=O)O. The molecule has 5 nitrogen and oxygen atoms in total. The van der Waals surface area contributed by atoms with Crippen LogP contribution in [0.15, 0.2) is 0 Å². The van der Waals surface area contributed by atoms with Gasteiger partial charge in [0.2, 0.25) is 0 Å². The van der Waals surface area contributed by atoms with E-state index in [4.69, 9.17) is 5.11 Å². The molecule has 3 atom stereocenters. The van der Waals surface area contributed by atoms with Crippen LogP contribution < -0.4 is 10.6 Å². The predicted octanol–water partition coefficient (Wildman–Crippen LogP) is 2.22. The van der Waals surface area contributed by atoms with Gasteiger partial charge in [0.25, 0.3) is 0 Å². The second-order valence-electron chi connectivity index (χ2n) is 6.04. The molecule has 0 bridgehead atoms. The highest BCUT2D eigenvalue weighted by atomic mass is 16.4. The summed E-state index contributed by atoms with van der Waals surface area (Å²) in [5.41, 5.74) is 0. The first-order valence-corrected chi connectivity index (χ1v) is 7.17. The fraction of sp³-hybridized carbons (Fsp3) is 0.857. The smallest absolute Gasteiger partial charge is 0.326 e. The van der Waals surface area contributed by atoms with Crippen LogP contribution in [-0.2, 0) is 4.79 Å². The van der Waals surface area contributed by atoms with Gasteiger partial charge in [0.05, 0.1) is 0 Å². The minimum atomic E-state index is -0.974. The number of carbonyl (C=O) groups is 2. The molecule has 19 heavy (non-hydrogen) atoms. The van der Waals surface area contributed by atoms with Crippen LogP contribution in [0.25, 0.3) is 0 Å². The Morgan fingerprint density at radius 3 is 2.47 bits per heavy atom. The molecule has 1 saturated carbocycles. The molecule has 5 heteroatoms. The van der Waals surface area contributed by atoms with E-state index in [0.717, 1.165) is 6.42 Å². The lowest BCUT2D eigenvalue weighted by atomic mass is 9.98. The number of carboxylic acids is 1. The summed E-state index contributed by atoms with van der Waals surface area (Å²) in [5, 5.41) is 14.4. The van der Waals surface area contributed by atoms with Crippen molar-refractivity contribution in [3.05, 3.63) is 0 Å². The summed E-state index contributed by atoms with van der Waals surface area (Å²) in [6.07, 6.45) is 4.04. The average Bonchev–Trinajstić information content (AvgIpc) is 2.70. The van der Waals surface area contributed by atoms with Gasteiger partial charge in [-0.25, -0.2) is 9.59 Å². The first-order chi connectivity index (χ1) is 8.90. The fourth-order valence-corrected chi connectivity index (χ4v) is 2.65. The van der Waals surface area contributed by atoms with Gasteiger partial charge in [-0.3, -0.25) is 0 Å². The van der Waals surface area contributed by atoms with E-state index < -0.39 is 12.0 Å². The number of carboxylic acid groups (broad SMARTS) is 1. The van der Waals surface area contributed by atoms with Gasteiger partial charge in [-0.05, 0) is 30.6 Å². The summed E-state index contributed by atoms with van der Waals surface area (Å²) >= 11 is 0. The number of aliphatic carboxylic acids is 1. The van der Waals surface area contributed by atoms with Crippen molar-refractivity contribution in [2.75, 3.05) is 6.54 Å². The molecule has 110 valence electrons. The molecule has 0 aromatic carbocycles. The second-order valence-corrected chi connectivity index (χ2v) is 6.04. The van der Waals surface area contributed by atoms with Gasteiger partial charge in [0.15, 0.2) is 0 Å². The second kappa shape index (κ2) is 7.36. The first kappa shape index (κ1) is 15.8. The number of amides is 2. The van der Waals surface area contributed by atoms with Gasteiger partial charge >= 0.3 is 12.0 Å². The Kier molecular flexibility index (Phi) is 6.12. The van der Waals surface area contributed by atoms with Crippen molar-refractivity contribution in [2.24, 2.45) is 17.8 Å². The number of carbonyl (C=O) groups excluding carboxylic acids is 1. The van der Waals surface area contributed by atoms with Gasteiger partial charge < -0.3 is 15.7 Å². The lowest BCUT2D eigenvalue weighted by Gasteiger charge is -2.19. The lowest BCUT2D eigenvalue weighted by molar-refractivity contribution is -0.139. The molecule has 2 unspecified atom stereocenters. The Morgan fingerprint density at radius 1 is 1.32 bits per heavy atom. The molecule has 0 radical (unpaired) electrons. The van der Waals surface area contributed by atoms with E-state index in [9.17, 15) is 9.59 Å². The molecule has 1 fully saturated rings. The van der Waals surface area contributed by atoms with E-state index in [2.05, 4.69) is 17.6 Å². The first-order valence-electron chi connectivity index (χ1n) is 7.17. The molecular formula is C14H26N2O3. The molecular weight excluding hydrogens is 244 g/mol. The van der Waals surface area contributed by atoms with E-state index in [1.54, 1.807) is 0 Å². The van der Waals surface area contributed by atoms with Crippen molar-refractivity contribution in [3.63, 3.8) is 0 Å². The molecule has 0 aromatic heterocycles. The largest absolute Gasteiger partial charge is 0.480 e. The maximum Gasteiger partial charge on any atom is 0.326 e. The highest BCUT2D eigenvalue weighted by Crippen LogP contribution is 2.30. The van der Waals surface area contributed by atoms with E-state index in [-0.39, 0.29) is 11.9 Å². The zero-order chi connectivity index (χ0) is 14.4. The number of rotatable bonds is 6. The molecule has 1 aliphatic carbocycles. The Hall–Kier alpha value is -1.26. The number of nitrogens with one attached hydrogen (secondary N) is 2. The van der Waals surface area contributed by atoms with E-state index >= 15 is 0 Å². The summed E-state index contributed by atoms with van der Waals surface area (Å²) in [6, 6.07) is -1.17. The maximum absolute atomic E-state index is 11.7. The summed E-state index contributed by atoms with van der Waals surface area (Å²) in [7, 11) is 0. The monoisotopic (exact) mass is 270 g/mol. The summed E-state index contributed by atoms with van der Waals surface area (Å²) in [6.45, 7) is 6.72. The molecule has 0 saturated heterocycles. The highest BCUT2D eigenvalue weighted by Gasteiger charge is 2.25. The molecule has 1 aliphatic rings. The van der Waals surface area contributed by atoms with Crippen molar-refractivity contribution in [3.8, 4) is 0 Å². The quantitative estimate of drug-likeness (QED) is 0.692. The summed E-state index contributed by atoms with van der Waals surface area (Å²) in [4.78, 5) is 22.8. The van der Waals surface area contributed by atoms with Crippen LogP contribution >= 0.6 is 0 Å². The number of hydrogen-bond acceptors (Lipinski definition) is 2. The van der Waals surface area contributed by atoms with Crippen LogP contribution in [0.5, 0.6) is 0 Å². The van der Waals surface area contributed by atoms with Crippen LogP contribution in [-0.4, -0.2) is 29.7 Å². The normalized spacial score (nSPS) is 24.2. The Morgan fingerprint density at radius 2 is 2.00 bits per heavy atom. The van der Waals surface area contributed by atoms with E-state index in [1.165, 1.54) is 12.8 Å². The molecule has 3 N–H and O–H groups in total. The van der Waals surface area contributed by atoms with Gasteiger partial charge in [0, 0.05) is 6.54 Å². The number of urea groups is 1. The molecule has 0 heterocycles. The van der Waals surface area contributed by atoms with Gasteiger partial charge in [-0.2, -0.15) is 0 Å². The van der Waals surface area contributed by atoms with Crippen molar-refractivity contribution < 1.29 is 14.7 Å². The third-order valence-corrected chi connectivity index (χ3v) is 3.87. The zero-order valence-corrected chi connectivity index (χ0v) is 12.1. The average molecular weight is 270 g/mol. The van der Waals surface area contributed by atoms with Crippen LogP contribution in [0.1, 0.15) is 46.5 Å². The fourth-order valence-electron chi connectivity index (χ4n) is 2.65. The van der Waals surface area contributed by atoms with E-state index in [1.807, 2.05) is 13.8 Å². The van der Waals surface area contributed by atoms with Crippen LogP contribution in [0.2, 0.25) is 0 Å². The summed E-state index contributed by atoms with van der Waals surface area (Å²) < 4.78 is 0. The minimum absolute atomic E-state index is 0.233. The van der Waals surface area contributed by atoms with Crippen LogP contribution in [0.3, 0.4) is 0 Å². The molecule has 2 amide bonds. The Bertz CT molecular complexity index is 318. The summed E-state index contributed by atoms with van der Waals surface area (Å²) in [5.74, 6) is 0.430. The lowest BCUT2D eigenvalue weighted by Crippen LogP contribution is -2.47. The van der Waals surface area contributed by atoms with Gasteiger partial charge in [-0.1, -0.05) is 33.6 Å². The Labute approximate surface area is 115 Å². The topological polar surface area (TPSA) is 78.4 Å². The van der Waals surface area contributed by atoms with Gasteiger partial charge in [-0.15, -0.1) is 0 Å².